The lowest BCUT2D eigenvalue weighted by atomic mass is 9.98. The van der Waals surface area contributed by atoms with Crippen molar-refractivity contribution in [3.8, 4) is 0 Å². The van der Waals surface area contributed by atoms with E-state index in [4.69, 9.17) is 5.73 Å². The predicted molar refractivity (Wildman–Crippen MR) is 66.2 cm³/mol. The Hall–Kier alpha value is -1.10. The molecule has 0 radical (unpaired) electrons. The zero-order valence-corrected chi connectivity index (χ0v) is 11.3. The van der Waals surface area contributed by atoms with E-state index in [0.29, 0.717) is 0 Å². The minimum atomic E-state index is -0.636. The number of carbonyl (C=O) groups is 2. The van der Waals surface area contributed by atoms with Crippen LogP contribution in [0.4, 0.5) is 0 Å². The minimum Gasteiger partial charge on any atom is -0.467 e. The van der Waals surface area contributed by atoms with Gasteiger partial charge in [0.25, 0.3) is 0 Å². The molecule has 0 saturated heterocycles. The number of hydrogen-bond acceptors (Lipinski definition) is 4. The lowest BCUT2D eigenvalue weighted by Gasteiger charge is -2.24. The highest BCUT2D eigenvalue weighted by Crippen LogP contribution is 2.08. The summed E-state index contributed by atoms with van der Waals surface area (Å²) in [5.41, 5.74) is 5.80. The molecular formula is C12H24N2O3. The van der Waals surface area contributed by atoms with Gasteiger partial charge in [0, 0.05) is 0 Å². The first-order chi connectivity index (χ1) is 7.84. The summed E-state index contributed by atoms with van der Waals surface area (Å²) in [6, 6.07) is -1.23. The summed E-state index contributed by atoms with van der Waals surface area (Å²) in [6.07, 6.45) is 0.819. The van der Waals surface area contributed by atoms with Crippen molar-refractivity contribution in [1.82, 2.24) is 5.32 Å². The monoisotopic (exact) mass is 244 g/mol. The van der Waals surface area contributed by atoms with Gasteiger partial charge < -0.3 is 15.8 Å². The Morgan fingerprint density at radius 1 is 1.29 bits per heavy atom. The van der Waals surface area contributed by atoms with Crippen LogP contribution >= 0.6 is 0 Å². The van der Waals surface area contributed by atoms with Gasteiger partial charge in [0.2, 0.25) is 5.91 Å². The van der Waals surface area contributed by atoms with E-state index in [1.807, 2.05) is 27.7 Å². The fourth-order valence-corrected chi connectivity index (χ4v) is 1.39. The number of nitrogens with one attached hydrogen (secondary N) is 1. The molecule has 0 aliphatic carbocycles. The standard InChI is InChI=1S/C12H24N2O3/c1-6-8(4)9(13)11(15)14-10(7(2)3)12(16)17-5/h7-10H,6,13H2,1-5H3,(H,14,15)/t8-,9+,10-/m0/s1. The van der Waals surface area contributed by atoms with Crippen molar-refractivity contribution in [3.63, 3.8) is 0 Å². The van der Waals surface area contributed by atoms with Crippen molar-refractivity contribution in [2.24, 2.45) is 17.6 Å². The predicted octanol–water partition coefficient (Wildman–Crippen LogP) is 0.674. The molecule has 17 heavy (non-hydrogen) atoms. The average molecular weight is 244 g/mol. The summed E-state index contributed by atoms with van der Waals surface area (Å²) < 4.78 is 4.65. The van der Waals surface area contributed by atoms with Gasteiger partial charge in [-0.15, -0.1) is 0 Å². The van der Waals surface area contributed by atoms with Crippen molar-refractivity contribution in [2.45, 2.75) is 46.2 Å². The van der Waals surface area contributed by atoms with E-state index < -0.39 is 18.1 Å². The molecule has 0 saturated carbocycles. The van der Waals surface area contributed by atoms with E-state index >= 15 is 0 Å². The van der Waals surface area contributed by atoms with Crippen LogP contribution in [-0.4, -0.2) is 31.1 Å². The molecule has 3 atom stereocenters. The molecular weight excluding hydrogens is 220 g/mol. The minimum absolute atomic E-state index is 0.0319. The molecule has 0 aromatic rings. The smallest absolute Gasteiger partial charge is 0.328 e. The molecule has 0 unspecified atom stereocenters. The van der Waals surface area contributed by atoms with Crippen molar-refractivity contribution in [3.05, 3.63) is 0 Å². The number of ether oxygens (including phenoxy) is 1. The number of nitrogens with two attached hydrogens (primary N) is 1. The Morgan fingerprint density at radius 3 is 2.18 bits per heavy atom. The van der Waals surface area contributed by atoms with Crippen molar-refractivity contribution < 1.29 is 14.3 Å². The van der Waals surface area contributed by atoms with E-state index in [1.165, 1.54) is 7.11 Å². The molecule has 0 bridgehead atoms. The summed E-state index contributed by atoms with van der Waals surface area (Å²) in [6.45, 7) is 7.57. The Morgan fingerprint density at radius 2 is 1.82 bits per heavy atom. The summed E-state index contributed by atoms with van der Waals surface area (Å²) in [7, 11) is 1.30. The topological polar surface area (TPSA) is 81.4 Å². The quantitative estimate of drug-likeness (QED) is 0.673. The van der Waals surface area contributed by atoms with Crippen LogP contribution in [0.15, 0.2) is 0 Å². The molecule has 0 aliphatic rings. The third-order valence-electron chi connectivity index (χ3n) is 2.98. The van der Waals surface area contributed by atoms with E-state index in [2.05, 4.69) is 10.1 Å². The zero-order chi connectivity index (χ0) is 13.6. The second kappa shape index (κ2) is 7.27. The Bertz CT molecular complexity index is 266. The molecule has 0 heterocycles. The fourth-order valence-electron chi connectivity index (χ4n) is 1.39. The number of amides is 1. The highest BCUT2D eigenvalue weighted by molar-refractivity contribution is 5.87. The SMILES string of the molecule is CC[C@H](C)[C@@H](N)C(=O)N[C@H](C(=O)OC)C(C)C. The van der Waals surface area contributed by atoms with Crippen LogP contribution in [0.1, 0.15) is 34.1 Å². The fraction of sp³-hybridized carbons (Fsp3) is 0.833. The van der Waals surface area contributed by atoms with Crippen LogP contribution < -0.4 is 11.1 Å². The molecule has 3 N–H and O–H groups in total. The highest BCUT2D eigenvalue weighted by atomic mass is 16.5. The van der Waals surface area contributed by atoms with Crippen molar-refractivity contribution in [1.29, 1.82) is 0 Å². The lowest BCUT2D eigenvalue weighted by Crippen LogP contribution is -2.52. The third-order valence-corrected chi connectivity index (χ3v) is 2.98. The molecule has 5 nitrogen and oxygen atoms in total. The molecule has 0 aromatic carbocycles. The summed E-state index contributed by atoms with van der Waals surface area (Å²) in [5.74, 6) is -0.691. The first-order valence-electron chi connectivity index (χ1n) is 5.98. The maximum Gasteiger partial charge on any atom is 0.328 e. The number of carbonyl (C=O) groups excluding carboxylic acids is 2. The maximum atomic E-state index is 11.8. The second-order valence-electron chi connectivity index (χ2n) is 4.66. The third kappa shape index (κ3) is 4.73. The lowest BCUT2D eigenvalue weighted by molar-refractivity contribution is -0.146. The van der Waals surface area contributed by atoms with Gasteiger partial charge in [-0.2, -0.15) is 0 Å². The Labute approximate surface area is 103 Å². The van der Waals surface area contributed by atoms with Gasteiger partial charge in [0.1, 0.15) is 6.04 Å². The van der Waals surface area contributed by atoms with Crippen LogP contribution in [0.25, 0.3) is 0 Å². The largest absolute Gasteiger partial charge is 0.467 e. The van der Waals surface area contributed by atoms with E-state index in [1.54, 1.807) is 0 Å². The van der Waals surface area contributed by atoms with Crippen LogP contribution in [0, 0.1) is 11.8 Å². The Balaban J connectivity index is 4.56. The van der Waals surface area contributed by atoms with Gasteiger partial charge >= 0.3 is 5.97 Å². The summed E-state index contributed by atoms with van der Waals surface area (Å²) in [4.78, 5) is 23.3. The molecule has 0 aliphatic heterocycles. The molecule has 5 heteroatoms. The van der Waals surface area contributed by atoms with Gasteiger partial charge in [-0.3, -0.25) is 4.79 Å². The number of esters is 1. The Kier molecular flexibility index (Phi) is 6.80. The molecule has 0 fully saturated rings. The van der Waals surface area contributed by atoms with Gasteiger partial charge in [-0.25, -0.2) is 4.79 Å². The van der Waals surface area contributed by atoms with Crippen LogP contribution in [0.5, 0.6) is 0 Å². The van der Waals surface area contributed by atoms with Crippen LogP contribution in [0.3, 0.4) is 0 Å². The number of hydrogen-bond donors (Lipinski definition) is 2. The molecule has 100 valence electrons. The van der Waals surface area contributed by atoms with Crippen molar-refractivity contribution >= 4 is 11.9 Å². The first-order valence-corrected chi connectivity index (χ1v) is 5.98. The zero-order valence-electron chi connectivity index (χ0n) is 11.3. The van der Waals surface area contributed by atoms with Crippen LogP contribution in [-0.2, 0) is 14.3 Å². The summed E-state index contributed by atoms with van der Waals surface area (Å²) in [5, 5.41) is 2.64. The number of rotatable bonds is 6. The van der Waals surface area contributed by atoms with Crippen LogP contribution in [0.2, 0.25) is 0 Å². The average Bonchev–Trinajstić information content (AvgIpc) is 2.32. The summed E-state index contributed by atoms with van der Waals surface area (Å²) >= 11 is 0. The van der Waals surface area contributed by atoms with E-state index in [9.17, 15) is 9.59 Å². The molecule has 0 spiro atoms. The normalized spacial score (nSPS) is 16.2. The highest BCUT2D eigenvalue weighted by Gasteiger charge is 2.28. The van der Waals surface area contributed by atoms with Gasteiger partial charge in [-0.05, 0) is 11.8 Å². The number of methoxy groups -OCH3 is 1. The van der Waals surface area contributed by atoms with Gasteiger partial charge in [0.05, 0.1) is 13.2 Å². The first kappa shape index (κ1) is 15.9. The molecule has 1 amide bonds. The molecule has 0 rings (SSSR count). The van der Waals surface area contributed by atoms with Gasteiger partial charge in [0.15, 0.2) is 0 Å². The maximum absolute atomic E-state index is 11.8. The van der Waals surface area contributed by atoms with Crippen molar-refractivity contribution in [2.75, 3.05) is 7.11 Å². The molecule has 0 aromatic heterocycles. The van der Waals surface area contributed by atoms with E-state index in [-0.39, 0.29) is 17.7 Å². The van der Waals surface area contributed by atoms with E-state index in [0.717, 1.165) is 6.42 Å². The van der Waals surface area contributed by atoms with Gasteiger partial charge in [-0.1, -0.05) is 34.1 Å². The second-order valence-corrected chi connectivity index (χ2v) is 4.66.